The van der Waals surface area contributed by atoms with Gasteiger partial charge >= 0.3 is 0 Å². The topological polar surface area (TPSA) is 49.3 Å². The summed E-state index contributed by atoms with van der Waals surface area (Å²) in [7, 11) is 1.78. The molecule has 120 valence electrons. The maximum Gasteiger partial charge on any atom is 0.190 e. The zero-order chi connectivity index (χ0) is 14.9. The first-order valence-corrected chi connectivity index (χ1v) is 8.16. The first-order valence-electron chi connectivity index (χ1n) is 6.84. The van der Waals surface area contributed by atoms with Gasteiger partial charge in [0.25, 0.3) is 0 Å². The van der Waals surface area contributed by atoms with Crippen LogP contribution in [0.15, 0.2) is 40.1 Å². The Balaban J connectivity index is 0.00000242. The fourth-order valence-corrected chi connectivity index (χ4v) is 2.68. The van der Waals surface area contributed by atoms with Crippen molar-refractivity contribution >= 4 is 52.9 Å². The number of nitrogens with one attached hydrogen (secondary N) is 2. The number of halogens is 2. The van der Waals surface area contributed by atoms with Gasteiger partial charge in [-0.25, -0.2) is 4.98 Å². The molecule has 0 saturated carbocycles. The number of rotatable bonds is 6. The molecule has 0 radical (unpaired) electrons. The average molecular weight is 451 g/mol. The lowest BCUT2D eigenvalue weighted by molar-refractivity contribution is 0.784. The van der Waals surface area contributed by atoms with Crippen LogP contribution >= 0.6 is 46.9 Å². The van der Waals surface area contributed by atoms with Crippen molar-refractivity contribution in [3.63, 3.8) is 0 Å². The van der Waals surface area contributed by atoms with Crippen LogP contribution in [0.4, 0.5) is 0 Å². The van der Waals surface area contributed by atoms with E-state index < -0.39 is 0 Å². The van der Waals surface area contributed by atoms with Gasteiger partial charge in [-0.05, 0) is 46.9 Å². The molecule has 0 atom stereocenters. The van der Waals surface area contributed by atoms with Crippen molar-refractivity contribution in [1.82, 2.24) is 15.6 Å². The van der Waals surface area contributed by atoms with Crippen molar-refractivity contribution in [3.8, 4) is 0 Å². The number of hydrogen-bond donors (Lipinski definition) is 2. The fourth-order valence-electron chi connectivity index (χ4n) is 1.86. The molecule has 0 saturated heterocycles. The monoisotopic (exact) mass is 450 g/mol. The molecule has 2 aromatic rings. The van der Waals surface area contributed by atoms with Crippen molar-refractivity contribution in [2.45, 2.75) is 12.8 Å². The van der Waals surface area contributed by atoms with Crippen LogP contribution in [0, 0.1) is 0 Å². The third-order valence-electron chi connectivity index (χ3n) is 3.00. The van der Waals surface area contributed by atoms with Gasteiger partial charge in [-0.3, -0.25) is 4.99 Å². The molecular formula is C15H20ClIN4S. The third kappa shape index (κ3) is 6.93. The number of nitrogens with zero attached hydrogens (tertiary/aromatic N) is 2. The predicted octanol–water partition coefficient (Wildman–Crippen LogP) is 3.36. The van der Waals surface area contributed by atoms with Crippen molar-refractivity contribution in [2.24, 2.45) is 4.99 Å². The molecule has 0 aliphatic rings. The predicted molar refractivity (Wildman–Crippen MR) is 106 cm³/mol. The summed E-state index contributed by atoms with van der Waals surface area (Å²) in [4.78, 5) is 8.28. The third-order valence-corrected chi connectivity index (χ3v) is 3.96. The lowest BCUT2D eigenvalue weighted by atomic mass is 10.2. The molecule has 0 amide bonds. The molecule has 0 spiro atoms. The van der Waals surface area contributed by atoms with E-state index in [0.29, 0.717) is 5.15 Å². The number of thiophene rings is 1. The second-order valence-electron chi connectivity index (χ2n) is 4.55. The Morgan fingerprint density at radius 1 is 1.18 bits per heavy atom. The van der Waals surface area contributed by atoms with Gasteiger partial charge in [0.1, 0.15) is 5.15 Å². The second-order valence-corrected chi connectivity index (χ2v) is 5.71. The molecule has 0 aromatic carbocycles. The normalized spacial score (nSPS) is 10.9. The zero-order valence-corrected chi connectivity index (χ0v) is 16.3. The fraction of sp³-hybridized carbons (Fsp3) is 0.333. The van der Waals surface area contributed by atoms with E-state index in [1.807, 2.05) is 12.1 Å². The number of pyridine rings is 1. The minimum absolute atomic E-state index is 0. The Bertz CT molecular complexity index is 557. The van der Waals surface area contributed by atoms with E-state index in [0.717, 1.165) is 37.5 Å². The van der Waals surface area contributed by atoms with E-state index in [4.69, 9.17) is 11.6 Å². The van der Waals surface area contributed by atoms with Crippen molar-refractivity contribution in [3.05, 3.63) is 51.4 Å². The SMILES string of the molecule is CN=C(NCCc1ccc(Cl)nc1)NCCc1ccsc1.I. The van der Waals surface area contributed by atoms with Crippen LogP contribution in [0.5, 0.6) is 0 Å². The molecule has 0 aliphatic carbocycles. The van der Waals surface area contributed by atoms with E-state index in [9.17, 15) is 0 Å². The molecule has 22 heavy (non-hydrogen) atoms. The summed E-state index contributed by atoms with van der Waals surface area (Å²) >= 11 is 7.49. The van der Waals surface area contributed by atoms with Gasteiger partial charge in [0.2, 0.25) is 0 Å². The molecule has 2 heterocycles. The summed E-state index contributed by atoms with van der Waals surface area (Å²) in [5.41, 5.74) is 2.51. The van der Waals surface area contributed by atoms with Crippen molar-refractivity contribution in [1.29, 1.82) is 0 Å². The summed E-state index contributed by atoms with van der Waals surface area (Å²) in [6.45, 7) is 1.68. The number of hydrogen-bond acceptors (Lipinski definition) is 3. The largest absolute Gasteiger partial charge is 0.356 e. The van der Waals surface area contributed by atoms with Crippen LogP contribution in [-0.4, -0.2) is 31.1 Å². The van der Waals surface area contributed by atoms with E-state index >= 15 is 0 Å². The van der Waals surface area contributed by atoms with E-state index in [1.165, 1.54) is 5.56 Å². The Morgan fingerprint density at radius 2 is 1.91 bits per heavy atom. The summed E-state index contributed by atoms with van der Waals surface area (Å²) in [5, 5.41) is 11.4. The Hall–Kier alpha value is -0.860. The molecule has 2 N–H and O–H groups in total. The highest BCUT2D eigenvalue weighted by atomic mass is 127. The van der Waals surface area contributed by atoms with Crippen LogP contribution in [0.25, 0.3) is 0 Å². The summed E-state index contributed by atoms with van der Waals surface area (Å²) < 4.78 is 0. The molecular weight excluding hydrogens is 431 g/mol. The zero-order valence-electron chi connectivity index (χ0n) is 12.4. The molecule has 0 unspecified atom stereocenters. The number of aliphatic imine (C=N–C) groups is 1. The molecule has 7 heteroatoms. The molecule has 2 rings (SSSR count). The Kier molecular flexibility index (Phi) is 9.42. The maximum absolute atomic E-state index is 5.76. The van der Waals surface area contributed by atoms with Gasteiger partial charge in [0, 0.05) is 26.3 Å². The summed E-state index contributed by atoms with van der Waals surface area (Å²) in [5.74, 6) is 0.826. The van der Waals surface area contributed by atoms with Gasteiger partial charge in [0.05, 0.1) is 0 Å². The average Bonchev–Trinajstić information content (AvgIpc) is 3.01. The molecule has 0 fully saturated rings. The van der Waals surface area contributed by atoms with Crippen LogP contribution in [0.3, 0.4) is 0 Å². The number of guanidine groups is 1. The molecule has 0 aliphatic heterocycles. The Labute approximate surface area is 157 Å². The highest BCUT2D eigenvalue weighted by Gasteiger charge is 1.99. The summed E-state index contributed by atoms with van der Waals surface area (Å²) in [6, 6.07) is 5.95. The highest BCUT2D eigenvalue weighted by molar-refractivity contribution is 14.0. The lowest BCUT2D eigenvalue weighted by Gasteiger charge is -2.11. The first-order chi connectivity index (χ1) is 10.3. The van der Waals surface area contributed by atoms with Crippen molar-refractivity contribution < 1.29 is 0 Å². The second kappa shape index (κ2) is 10.8. The lowest BCUT2D eigenvalue weighted by Crippen LogP contribution is -2.39. The molecule has 2 aromatic heterocycles. The van der Waals surface area contributed by atoms with Gasteiger partial charge in [-0.15, -0.1) is 24.0 Å². The minimum Gasteiger partial charge on any atom is -0.356 e. The number of aromatic nitrogens is 1. The van der Waals surface area contributed by atoms with Crippen LogP contribution in [-0.2, 0) is 12.8 Å². The van der Waals surface area contributed by atoms with Gasteiger partial charge < -0.3 is 10.6 Å². The molecule has 4 nitrogen and oxygen atoms in total. The smallest absolute Gasteiger partial charge is 0.190 e. The summed E-state index contributed by atoms with van der Waals surface area (Å²) in [6.07, 6.45) is 3.69. The quantitative estimate of drug-likeness (QED) is 0.307. The maximum atomic E-state index is 5.76. The van der Waals surface area contributed by atoms with Gasteiger partial charge in [-0.1, -0.05) is 17.7 Å². The van der Waals surface area contributed by atoms with E-state index in [1.54, 1.807) is 24.6 Å². The van der Waals surface area contributed by atoms with Gasteiger partial charge in [0.15, 0.2) is 5.96 Å². The molecule has 0 bridgehead atoms. The van der Waals surface area contributed by atoms with E-state index in [-0.39, 0.29) is 24.0 Å². The van der Waals surface area contributed by atoms with Crippen molar-refractivity contribution in [2.75, 3.05) is 20.1 Å². The van der Waals surface area contributed by atoms with Gasteiger partial charge in [-0.2, -0.15) is 11.3 Å². The standard InChI is InChI=1S/C15H19ClN4S.HI/c1-17-15(19-8-5-13-6-9-21-11-13)18-7-4-12-2-3-14(16)20-10-12;/h2-3,6,9-11H,4-5,7-8H2,1H3,(H2,17,18,19);1H. The van der Waals surface area contributed by atoms with Crippen LogP contribution in [0.1, 0.15) is 11.1 Å². The Morgan fingerprint density at radius 3 is 2.45 bits per heavy atom. The van der Waals surface area contributed by atoms with E-state index in [2.05, 4.69) is 37.4 Å². The highest BCUT2D eigenvalue weighted by Crippen LogP contribution is 2.06. The van der Waals surface area contributed by atoms with Crippen LogP contribution in [0.2, 0.25) is 5.15 Å². The first kappa shape index (κ1) is 19.2. The van der Waals surface area contributed by atoms with Crippen LogP contribution < -0.4 is 10.6 Å². The minimum atomic E-state index is 0.